The number of nitrogens with one attached hydrogen (secondary N) is 1. The number of rotatable bonds is 3. The fraction of sp³-hybridized carbons (Fsp3) is 0.500. The van der Waals surface area contributed by atoms with E-state index in [0.29, 0.717) is 6.54 Å². The van der Waals surface area contributed by atoms with E-state index in [-0.39, 0.29) is 12.1 Å². The molecule has 0 saturated carbocycles. The number of carbonyl (C=O) groups excluding carboxylic acids is 1. The highest BCUT2D eigenvalue weighted by Gasteiger charge is 2.25. The minimum atomic E-state index is -0.495. The zero-order chi connectivity index (χ0) is 17.9. The van der Waals surface area contributed by atoms with Gasteiger partial charge in [0.25, 0.3) is 0 Å². The molecule has 1 N–H and O–H groups in total. The third kappa shape index (κ3) is 4.71. The minimum Gasteiger partial charge on any atom is -0.472 e. The molecular formula is C18H24N4O3. The first-order valence-electron chi connectivity index (χ1n) is 8.50. The number of nitrogens with zero attached hydrogens (tertiary/aromatic N) is 3. The standard InChI is InChI=1S/C18H24N4O3/c1-18(2,3)25-17(23)21-14-5-4-7-22(10-14)16-9-15(19-12-20-16)13-6-8-24-11-13/h6,8-9,11-12,14H,4-5,7,10H2,1-3H3,(H,21,23). The molecule has 0 spiro atoms. The Bertz CT molecular complexity index is 709. The lowest BCUT2D eigenvalue weighted by molar-refractivity contribution is 0.0500. The van der Waals surface area contributed by atoms with Crippen molar-refractivity contribution in [3.05, 3.63) is 31.0 Å². The lowest BCUT2D eigenvalue weighted by Crippen LogP contribution is -2.49. The molecule has 1 amide bonds. The molecule has 0 aliphatic carbocycles. The molecule has 3 rings (SSSR count). The van der Waals surface area contributed by atoms with Gasteiger partial charge in [-0.15, -0.1) is 0 Å². The van der Waals surface area contributed by atoms with Crippen LogP contribution in [0.15, 0.2) is 35.4 Å². The van der Waals surface area contributed by atoms with Crippen LogP contribution < -0.4 is 10.2 Å². The highest BCUT2D eigenvalue weighted by Crippen LogP contribution is 2.23. The smallest absolute Gasteiger partial charge is 0.407 e. The van der Waals surface area contributed by atoms with Gasteiger partial charge in [0.1, 0.15) is 17.7 Å². The van der Waals surface area contributed by atoms with Gasteiger partial charge in [-0.05, 0) is 39.7 Å². The third-order valence-corrected chi connectivity index (χ3v) is 3.94. The molecule has 7 heteroatoms. The molecule has 0 aromatic carbocycles. The number of aromatic nitrogens is 2. The van der Waals surface area contributed by atoms with Crippen molar-refractivity contribution in [2.45, 2.75) is 45.3 Å². The Morgan fingerprint density at radius 1 is 1.40 bits per heavy atom. The largest absolute Gasteiger partial charge is 0.472 e. The van der Waals surface area contributed by atoms with Crippen LogP contribution in [0.25, 0.3) is 11.3 Å². The SMILES string of the molecule is CC(C)(C)OC(=O)NC1CCCN(c2cc(-c3ccoc3)ncn2)C1. The summed E-state index contributed by atoms with van der Waals surface area (Å²) in [6, 6.07) is 3.85. The third-order valence-electron chi connectivity index (χ3n) is 3.94. The van der Waals surface area contributed by atoms with Crippen LogP contribution in [-0.4, -0.2) is 40.8 Å². The van der Waals surface area contributed by atoms with Crippen molar-refractivity contribution in [2.24, 2.45) is 0 Å². The molecule has 1 aliphatic rings. The quantitative estimate of drug-likeness (QED) is 0.921. The van der Waals surface area contributed by atoms with Gasteiger partial charge in [0.2, 0.25) is 0 Å². The van der Waals surface area contributed by atoms with E-state index in [0.717, 1.165) is 36.5 Å². The summed E-state index contributed by atoms with van der Waals surface area (Å²) in [5, 5.41) is 2.96. The van der Waals surface area contributed by atoms with E-state index in [1.807, 2.05) is 32.9 Å². The van der Waals surface area contributed by atoms with Gasteiger partial charge in [-0.1, -0.05) is 0 Å². The summed E-state index contributed by atoms with van der Waals surface area (Å²) in [7, 11) is 0. The summed E-state index contributed by atoms with van der Waals surface area (Å²) in [6.45, 7) is 7.17. The van der Waals surface area contributed by atoms with E-state index in [1.54, 1.807) is 18.9 Å². The topological polar surface area (TPSA) is 80.5 Å². The summed E-state index contributed by atoms with van der Waals surface area (Å²) in [5.41, 5.74) is 1.25. The molecule has 0 radical (unpaired) electrons. The second-order valence-electron chi connectivity index (χ2n) is 7.20. The number of carbonyl (C=O) groups is 1. The number of alkyl carbamates (subject to hydrolysis) is 1. The van der Waals surface area contributed by atoms with Gasteiger partial charge in [0, 0.05) is 30.8 Å². The fourth-order valence-corrected chi connectivity index (χ4v) is 2.87. The Labute approximate surface area is 147 Å². The van der Waals surface area contributed by atoms with Gasteiger partial charge >= 0.3 is 6.09 Å². The first-order chi connectivity index (χ1) is 11.9. The number of furan rings is 1. The van der Waals surface area contributed by atoms with Gasteiger partial charge < -0.3 is 19.4 Å². The van der Waals surface area contributed by atoms with Crippen LogP contribution in [0.2, 0.25) is 0 Å². The summed E-state index contributed by atoms with van der Waals surface area (Å²) < 4.78 is 10.5. The zero-order valence-electron chi connectivity index (χ0n) is 14.9. The first-order valence-corrected chi connectivity index (χ1v) is 8.50. The summed E-state index contributed by atoms with van der Waals surface area (Å²) in [4.78, 5) is 22.8. The number of hydrogen-bond acceptors (Lipinski definition) is 6. The fourth-order valence-electron chi connectivity index (χ4n) is 2.87. The maximum Gasteiger partial charge on any atom is 0.407 e. The number of hydrogen-bond donors (Lipinski definition) is 1. The van der Waals surface area contributed by atoms with E-state index in [4.69, 9.17) is 9.15 Å². The molecule has 1 aliphatic heterocycles. The van der Waals surface area contributed by atoms with E-state index in [9.17, 15) is 4.79 Å². The van der Waals surface area contributed by atoms with E-state index in [1.165, 1.54) is 0 Å². The molecule has 1 saturated heterocycles. The molecule has 1 atom stereocenters. The summed E-state index contributed by atoms with van der Waals surface area (Å²) in [6.07, 6.45) is 6.37. The van der Waals surface area contributed by atoms with Crippen LogP contribution in [0, 0.1) is 0 Å². The van der Waals surface area contributed by atoms with Gasteiger partial charge in [-0.25, -0.2) is 14.8 Å². The Morgan fingerprint density at radius 3 is 2.96 bits per heavy atom. The highest BCUT2D eigenvalue weighted by atomic mass is 16.6. The lowest BCUT2D eigenvalue weighted by atomic mass is 10.1. The predicted octanol–water partition coefficient (Wildman–Crippen LogP) is 3.23. The summed E-state index contributed by atoms with van der Waals surface area (Å²) >= 11 is 0. The Hall–Kier alpha value is -2.57. The number of ether oxygens (including phenoxy) is 1. The first kappa shape index (κ1) is 17.3. The van der Waals surface area contributed by atoms with Crippen molar-refractivity contribution < 1.29 is 13.9 Å². The van der Waals surface area contributed by atoms with Crippen LogP contribution in [0.4, 0.5) is 10.6 Å². The Morgan fingerprint density at radius 2 is 2.24 bits per heavy atom. The van der Waals surface area contributed by atoms with Gasteiger partial charge in [-0.3, -0.25) is 0 Å². The number of piperidine rings is 1. The molecule has 25 heavy (non-hydrogen) atoms. The van der Waals surface area contributed by atoms with Crippen molar-refractivity contribution in [1.82, 2.24) is 15.3 Å². The number of amides is 1. The van der Waals surface area contributed by atoms with Gasteiger partial charge in [0.15, 0.2) is 0 Å². The van der Waals surface area contributed by atoms with Crippen molar-refractivity contribution >= 4 is 11.9 Å². The van der Waals surface area contributed by atoms with Crippen LogP contribution >= 0.6 is 0 Å². The average Bonchev–Trinajstić information content (AvgIpc) is 3.08. The molecule has 2 aromatic heterocycles. The van der Waals surface area contributed by atoms with Crippen LogP contribution in [0.3, 0.4) is 0 Å². The van der Waals surface area contributed by atoms with Crippen molar-refractivity contribution in [2.75, 3.05) is 18.0 Å². The van der Waals surface area contributed by atoms with E-state index < -0.39 is 5.60 Å². The molecule has 0 bridgehead atoms. The predicted molar refractivity (Wildman–Crippen MR) is 94.3 cm³/mol. The van der Waals surface area contributed by atoms with Gasteiger partial charge in [0.05, 0.1) is 18.2 Å². The molecular weight excluding hydrogens is 320 g/mol. The molecule has 7 nitrogen and oxygen atoms in total. The minimum absolute atomic E-state index is 0.0379. The van der Waals surface area contributed by atoms with Crippen molar-refractivity contribution in [3.8, 4) is 11.3 Å². The molecule has 1 unspecified atom stereocenters. The molecule has 2 aromatic rings. The highest BCUT2D eigenvalue weighted by molar-refractivity contribution is 5.68. The molecule has 1 fully saturated rings. The van der Waals surface area contributed by atoms with Crippen LogP contribution in [0.5, 0.6) is 0 Å². The van der Waals surface area contributed by atoms with Crippen molar-refractivity contribution in [3.63, 3.8) is 0 Å². The van der Waals surface area contributed by atoms with Crippen LogP contribution in [0.1, 0.15) is 33.6 Å². The van der Waals surface area contributed by atoms with Crippen LogP contribution in [-0.2, 0) is 4.74 Å². The Balaban J connectivity index is 1.65. The second-order valence-corrected chi connectivity index (χ2v) is 7.20. The molecule has 134 valence electrons. The average molecular weight is 344 g/mol. The maximum atomic E-state index is 12.0. The monoisotopic (exact) mass is 344 g/mol. The van der Waals surface area contributed by atoms with Gasteiger partial charge in [-0.2, -0.15) is 0 Å². The van der Waals surface area contributed by atoms with Crippen molar-refractivity contribution in [1.29, 1.82) is 0 Å². The zero-order valence-corrected chi connectivity index (χ0v) is 14.9. The summed E-state index contributed by atoms with van der Waals surface area (Å²) in [5.74, 6) is 0.849. The lowest BCUT2D eigenvalue weighted by Gasteiger charge is -2.34. The number of anilines is 1. The molecule has 3 heterocycles. The van der Waals surface area contributed by atoms with E-state index in [2.05, 4.69) is 20.2 Å². The Kier molecular flexibility index (Phi) is 4.92. The second kappa shape index (κ2) is 7.13. The normalized spacial score (nSPS) is 18.0. The maximum absolute atomic E-state index is 12.0. The van der Waals surface area contributed by atoms with E-state index >= 15 is 0 Å².